The lowest BCUT2D eigenvalue weighted by Gasteiger charge is -2.07. The zero-order chi connectivity index (χ0) is 16.7. The predicted molar refractivity (Wildman–Crippen MR) is 72.7 cm³/mol. The molecular weight excluding hydrogens is 345 g/mol. The molecule has 0 fully saturated rings. The summed E-state index contributed by atoms with van der Waals surface area (Å²) in [6, 6.07) is 2.19. The van der Waals surface area contributed by atoms with Crippen molar-refractivity contribution in [1.82, 2.24) is 4.57 Å². The molecule has 0 unspecified atom stereocenters. The van der Waals surface area contributed by atoms with Crippen molar-refractivity contribution in [3.05, 3.63) is 47.5 Å². The van der Waals surface area contributed by atoms with Crippen LogP contribution in [0.4, 0.5) is 18.9 Å². The number of nitrogens with one attached hydrogen (secondary N) is 1. The van der Waals surface area contributed by atoms with E-state index in [4.69, 9.17) is 10.7 Å². The number of aryl methyl sites for hydroxylation is 1. The van der Waals surface area contributed by atoms with E-state index in [1.54, 1.807) is 0 Å². The number of halogens is 4. The monoisotopic (exact) mass is 352 g/mol. The molecule has 0 atom stereocenters. The van der Waals surface area contributed by atoms with Crippen LogP contribution < -0.4 is 5.32 Å². The molecule has 1 aromatic carbocycles. The Hall–Kier alpha value is -2.00. The Balaban J connectivity index is 2.32. The van der Waals surface area contributed by atoms with Crippen LogP contribution in [-0.4, -0.2) is 18.9 Å². The fraction of sp³-hybridized carbons (Fsp3) is 0.0833. The van der Waals surface area contributed by atoms with Gasteiger partial charge in [0.2, 0.25) is 0 Å². The summed E-state index contributed by atoms with van der Waals surface area (Å²) in [6.07, 6.45) is 1.10. The average Bonchev–Trinajstić information content (AvgIpc) is 2.78. The normalized spacial score (nSPS) is 11.5. The molecule has 0 aliphatic rings. The van der Waals surface area contributed by atoms with Crippen LogP contribution in [0.1, 0.15) is 10.5 Å². The molecular formula is C12H8ClF3N2O3S. The molecule has 1 N–H and O–H groups in total. The molecule has 1 amide bonds. The van der Waals surface area contributed by atoms with E-state index in [-0.39, 0.29) is 16.3 Å². The number of hydrogen-bond donors (Lipinski definition) is 1. The van der Waals surface area contributed by atoms with Gasteiger partial charge in [0, 0.05) is 41.7 Å². The van der Waals surface area contributed by atoms with Gasteiger partial charge in [-0.15, -0.1) is 0 Å². The number of hydrogen-bond acceptors (Lipinski definition) is 3. The summed E-state index contributed by atoms with van der Waals surface area (Å²) < 4.78 is 62.5. The van der Waals surface area contributed by atoms with E-state index in [0.717, 1.165) is 12.3 Å². The highest BCUT2D eigenvalue weighted by molar-refractivity contribution is 8.13. The quantitative estimate of drug-likeness (QED) is 0.682. The average molecular weight is 353 g/mol. The molecule has 10 heteroatoms. The summed E-state index contributed by atoms with van der Waals surface area (Å²) in [5, 5.41) is 2.13. The second-order valence-corrected chi connectivity index (χ2v) is 6.88. The Labute approximate surface area is 127 Å². The fourth-order valence-electron chi connectivity index (χ4n) is 1.72. The van der Waals surface area contributed by atoms with Gasteiger partial charge in [-0.2, -0.15) is 0 Å². The highest BCUT2D eigenvalue weighted by atomic mass is 35.7. The first-order chi connectivity index (χ1) is 10.1. The number of carbonyl (C=O) groups excluding carboxylic acids is 1. The van der Waals surface area contributed by atoms with Crippen LogP contribution in [0.5, 0.6) is 0 Å². The van der Waals surface area contributed by atoms with Crippen molar-refractivity contribution >= 4 is 31.3 Å². The third kappa shape index (κ3) is 3.25. The minimum Gasteiger partial charge on any atom is -0.345 e. The van der Waals surface area contributed by atoms with Gasteiger partial charge in [0.1, 0.15) is 10.6 Å². The first kappa shape index (κ1) is 16.4. The van der Waals surface area contributed by atoms with Crippen molar-refractivity contribution in [3.63, 3.8) is 0 Å². The number of nitrogens with zero attached hydrogens (tertiary/aromatic N) is 1. The first-order valence-corrected chi connectivity index (χ1v) is 7.97. The summed E-state index contributed by atoms with van der Waals surface area (Å²) >= 11 is 0. The summed E-state index contributed by atoms with van der Waals surface area (Å²) in [6.45, 7) is 0. The molecule has 0 aliphatic carbocycles. The summed E-state index contributed by atoms with van der Waals surface area (Å²) in [5.74, 6) is -5.44. The Morgan fingerprint density at radius 2 is 1.73 bits per heavy atom. The van der Waals surface area contributed by atoms with Crippen molar-refractivity contribution < 1.29 is 26.4 Å². The summed E-state index contributed by atoms with van der Waals surface area (Å²) in [4.78, 5) is 11.7. The molecule has 2 rings (SSSR count). The zero-order valence-electron chi connectivity index (χ0n) is 10.9. The standard InChI is InChI=1S/C12H8ClF3N2O3S/c1-18-5-7(22(13,20)21)4-10(18)12(19)17-6-2-8(14)11(16)9(15)3-6/h2-5H,1H3,(H,17,19). The van der Waals surface area contributed by atoms with Gasteiger partial charge < -0.3 is 9.88 Å². The Morgan fingerprint density at radius 3 is 2.18 bits per heavy atom. The van der Waals surface area contributed by atoms with E-state index < -0.39 is 32.4 Å². The third-order valence-corrected chi connectivity index (χ3v) is 4.06. The smallest absolute Gasteiger partial charge is 0.272 e. The van der Waals surface area contributed by atoms with E-state index in [9.17, 15) is 26.4 Å². The molecule has 1 aromatic heterocycles. The van der Waals surface area contributed by atoms with E-state index in [1.807, 2.05) is 0 Å². The van der Waals surface area contributed by atoms with E-state index in [0.29, 0.717) is 12.1 Å². The summed E-state index contributed by atoms with van der Waals surface area (Å²) in [5.41, 5.74) is -0.442. The topological polar surface area (TPSA) is 68.2 Å². The zero-order valence-corrected chi connectivity index (χ0v) is 12.5. The third-order valence-electron chi connectivity index (χ3n) is 2.74. The minimum atomic E-state index is -4.03. The number of rotatable bonds is 3. The maximum atomic E-state index is 13.1. The first-order valence-electron chi connectivity index (χ1n) is 5.66. The van der Waals surface area contributed by atoms with Crippen molar-refractivity contribution in [2.75, 3.05) is 5.32 Å². The molecule has 2 aromatic rings. The SMILES string of the molecule is Cn1cc(S(=O)(=O)Cl)cc1C(=O)Nc1cc(F)c(F)c(F)c1. The molecule has 1 heterocycles. The van der Waals surface area contributed by atoms with E-state index in [2.05, 4.69) is 5.32 Å². The minimum absolute atomic E-state index is 0.121. The largest absolute Gasteiger partial charge is 0.345 e. The van der Waals surface area contributed by atoms with Crippen molar-refractivity contribution in [2.24, 2.45) is 7.05 Å². The lowest BCUT2D eigenvalue weighted by Crippen LogP contribution is -2.15. The van der Waals surface area contributed by atoms with Crippen molar-refractivity contribution in [2.45, 2.75) is 4.90 Å². The van der Waals surface area contributed by atoms with Crippen LogP contribution in [0.3, 0.4) is 0 Å². The Kier molecular flexibility index (Phi) is 4.21. The lowest BCUT2D eigenvalue weighted by atomic mass is 10.2. The van der Waals surface area contributed by atoms with Gasteiger partial charge in [0.05, 0.1) is 0 Å². The maximum absolute atomic E-state index is 13.1. The van der Waals surface area contributed by atoms with Gasteiger partial charge in [-0.25, -0.2) is 21.6 Å². The number of aromatic nitrogens is 1. The number of benzene rings is 1. The van der Waals surface area contributed by atoms with Crippen LogP contribution in [0.15, 0.2) is 29.3 Å². The molecule has 0 saturated heterocycles. The van der Waals surface area contributed by atoms with Crippen LogP contribution >= 0.6 is 10.7 Å². The molecule has 0 saturated carbocycles. The lowest BCUT2D eigenvalue weighted by molar-refractivity contribution is 0.101. The van der Waals surface area contributed by atoms with Crippen molar-refractivity contribution in [1.29, 1.82) is 0 Å². The van der Waals surface area contributed by atoms with Gasteiger partial charge in [-0.05, 0) is 6.07 Å². The van der Waals surface area contributed by atoms with Gasteiger partial charge >= 0.3 is 0 Å². The Morgan fingerprint density at radius 1 is 1.18 bits per heavy atom. The molecule has 0 bridgehead atoms. The van der Waals surface area contributed by atoms with E-state index in [1.165, 1.54) is 11.6 Å². The second kappa shape index (κ2) is 5.65. The highest BCUT2D eigenvalue weighted by Crippen LogP contribution is 2.21. The van der Waals surface area contributed by atoms with Gasteiger partial charge in [0.25, 0.3) is 15.0 Å². The second-order valence-electron chi connectivity index (χ2n) is 4.32. The number of amides is 1. The predicted octanol–water partition coefficient (Wildman–Crippen LogP) is 2.62. The Bertz CT molecular complexity index is 841. The van der Waals surface area contributed by atoms with Gasteiger partial charge in [-0.1, -0.05) is 0 Å². The maximum Gasteiger partial charge on any atom is 0.272 e. The highest BCUT2D eigenvalue weighted by Gasteiger charge is 2.19. The van der Waals surface area contributed by atoms with Gasteiger partial charge in [0.15, 0.2) is 17.5 Å². The number of carbonyl (C=O) groups is 1. The molecule has 0 radical (unpaired) electrons. The van der Waals surface area contributed by atoms with Crippen molar-refractivity contribution in [3.8, 4) is 0 Å². The summed E-state index contributed by atoms with van der Waals surface area (Å²) in [7, 11) is 2.51. The molecule has 118 valence electrons. The fourth-order valence-corrected chi connectivity index (χ4v) is 2.51. The molecule has 0 spiro atoms. The number of anilines is 1. The molecule has 0 aliphatic heterocycles. The van der Waals surface area contributed by atoms with Gasteiger partial charge in [-0.3, -0.25) is 4.79 Å². The van der Waals surface area contributed by atoms with E-state index >= 15 is 0 Å². The van der Waals surface area contributed by atoms with Crippen LogP contribution in [-0.2, 0) is 16.1 Å². The molecule has 5 nitrogen and oxygen atoms in total. The van der Waals surface area contributed by atoms with Crippen LogP contribution in [0.25, 0.3) is 0 Å². The van der Waals surface area contributed by atoms with Crippen LogP contribution in [0, 0.1) is 17.5 Å². The van der Waals surface area contributed by atoms with Crippen LogP contribution in [0.2, 0.25) is 0 Å². The molecule has 22 heavy (non-hydrogen) atoms.